The first-order valence-electron chi connectivity index (χ1n) is 12.0. The van der Waals surface area contributed by atoms with Crippen molar-refractivity contribution in [3.63, 3.8) is 0 Å². The molecule has 3 aromatic heterocycles. The molecule has 1 fully saturated rings. The SMILES string of the molecule is COc1cnc(-c2cccc(Cl)c2F)nc1Nc1c[nH]nc1-c1nc2cc(CN3CCOCC3)ccc2[nH]1. The van der Waals surface area contributed by atoms with E-state index in [4.69, 9.17) is 26.1 Å². The third-order valence-electron chi connectivity index (χ3n) is 6.34. The normalized spacial score (nSPS) is 14.2. The second kappa shape index (κ2) is 10.4. The van der Waals surface area contributed by atoms with Crippen LogP contribution in [0.1, 0.15) is 5.56 Å². The van der Waals surface area contributed by atoms with Crippen LogP contribution >= 0.6 is 11.6 Å². The fourth-order valence-corrected chi connectivity index (χ4v) is 4.56. The van der Waals surface area contributed by atoms with Crippen LogP contribution in [0.5, 0.6) is 5.75 Å². The molecule has 10 nitrogen and oxygen atoms in total. The Balaban J connectivity index is 1.29. The predicted molar refractivity (Wildman–Crippen MR) is 142 cm³/mol. The Labute approximate surface area is 222 Å². The topological polar surface area (TPSA) is 117 Å². The van der Waals surface area contributed by atoms with Crippen molar-refractivity contribution in [1.29, 1.82) is 0 Å². The summed E-state index contributed by atoms with van der Waals surface area (Å²) in [7, 11) is 1.51. The first kappa shape index (κ1) is 24.3. The van der Waals surface area contributed by atoms with Gasteiger partial charge in [-0.25, -0.2) is 19.3 Å². The van der Waals surface area contributed by atoms with Gasteiger partial charge in [-0.1, -0.05) is 23.7 Å². The smallest absolute Gasteiger partial charge is 0.179 e. The number of anilines is 2. The summed E-state index contributed by atoms with van der Waals surface area (Å²) in [6, 6.07) is 10.9. The van der Waals surface area contributed by atoms with Crippen molar-refractivity contribution in [2.75, 3.05) is 38.7 Å². The lowest BCUT2D eigenvalue weighted by molar-refractivity contribution is 0.0342. The monoisotopic (exact) mass is 534 g/mol. The largest absolute Gasteiger partial charge is 0.491 e. The van der Waals surface area contributed by atoms with Crippen LogP contribution in [0.15, 0.2) is 48.8 Å². The molecule has 2 aromatic carbocycles. The molecule has 1 aliphatic heterocycles. The van der Waals surface area contributed by atoms with Crippen LogP contribution in [0, 0.1) is 5.82 Å². The van der Waals surface area contributed by atoms with Gasteiger partial charge in [0.05, 0.1) is 53.8 Å². The molecule has 3 N–H and O–H groups in total. The van der Waals surface area contributed by atoms with Gasteiger partial charge in [-0.05, 0) is 29.8 Å². The molecular weight excluding hydrogens is 511 g/mol. The number of H-pyrrole nitrogens is 2. The maximum atomic E-state index is 14.6. The van der Waals surface area contributed by atoms with E-state index in [0.29, 0.717) is 28.8 Å². The van der Waals surface area contributed by atoms with E-state index in [1.165, 1.54) is 24.9 Å². The van der Waals surface area contributed by atoms with Gasteiger partial charge in [-0.3, -0.25) is 10.00 Å². The van der Waals surface area contributed by atoms with Crippen LogP contribution in [-0.4, -0.2) is 68.4 Å². The minimum absolute atomic E-state index is 0.00784. The Morgan fingerprint density at radius 3 is 2.89 bits per heavy atom. The number of nitrogens with zero attached hydrogens (tertiary/aromatic N) is 5. The lowest BCUT2D eigenvalue weighted by Crippen LogP contribution is -2.35. The minimum atomic E-state index is -0.593. The summed E-state index contributed by atoms with van der Waals surface area (Å²) in [4.78, 5) is 19.2. The molecule has 6 rings (SSSR count). The van der Waals surface area contributed by atoms with E-state index in [-0.39, 0.29) is 16.4 Å². The lowest BCUT2D eigenvalue weighted by atomic mass is 10.2. The van der Waals surface area contributed by atoms with Crippen LogP contribution in [-0.2, 0) is 11.3 Å². The summed E-state index contributed by atoms with van der Waals surface area (Å²) < 4.78 is 25.5. The van der Waals surface area contributed by atoms with Crippen molar-refractivity contribution in [1.82, 2.24) is 35.0 Å². The number of morpholine rings is 1. The van der Waals surface area contributed by atoms with Crippen LogP contribution in [0.25, 0.3) is 33.9 Å². The summed E-state index contributed by atoms with van der Waals surface area (Å²) in [6.45, 7) is 4.21. The first-order chi connectivity index (χ1) is 18.6. The van der Waals surface area contributed by atoms with Gasteiger partial charge in [-0.2, -0.15) is 5.10 Å². The average Bonchev–Trinajstić information content (AvgIpc) is 3.57. The number of hydrogen-bond donors (Lipinski definition) is 3. The van der Waals surface area contributed by atoms with Crippen molar-refractivity contribution in [3.05, 3.63) is 65.2 Å². The van der Waals surface area contributed by atoms with Crippen molar-refractivity contribution in [2.24, 2.45) is 0 Å². The Hall–Kier alpha value is -4.06. The van der Waals surface area contributed by atoms with Gasteiger partial charge >= 0.3 is 0 Å². The number of ether oxygens (including phenoxy) is 2. The molecule has 0 radical (unpaired) electrons. The third kappa shape index (κ3) is 4.78. The molecule has 1 aliphatic rings. The van der Waals surface area contributed by atoms with Gasteiger partial charge < -0.3 is 19.8 Å². The summed E-state index contributed by atoms with van der Waals surface area (Å²) in [5, 5.41) is 10.5. The van der Waals surface area contributed by atoms with Crippen molar-refractivity contribution in [2.45, 2.75) is 6.54 Å². The molecule has 4 heterocycles. The van der Waals surface area contributed by atoms with E-state index < -0.39 is 5.82 Å². The van der Waals surface area contributed by atoms with Crippen molar-refractivity contribution >= 4 is 34.1 Å². The second-order valence-corrected chi connectivity index (χ2v) is 9.22. The molecule has 1 saturated heterocycles. The number of methoxy groups -OCH3 is 1. The number of hydrogen-bond acceptors (Lipinski definition) is 8. The standard InChI is InChI=1S/C26H24ClFN8O2/c1-37-21-13-29-24(16-3-2-4-17(27)22(16)28)34-25(21)33-20-12-30-35-23(20)26-31-18-6-5-15(11-19(18)32-26)14-36-7-9-38-10-8-36/h2-6,11-13H,7-10,14H2,1H3,(H,30,35)(H,31,32)(H,29,33,34). The maximum absolute atomic E-state index is 14.6. The van der Waals surface area contributed by atoms with Crippen LogP contribution in [0.2, 0.25) is 5.02 Å². The van der Waals surface area contributed by atoms with Gasteiger partial charge in [0.15, 0.2) is 34.7 Å². The number of benzene rings is 2. The molecule has 0 spiro atoms. The van der Waals surface area contributed by atoms with E-state index in [1.54, 1.807) is 18.3 Å². The van der Waals surface area contributed by atoms with E-state index in [1.807, 2.05) is 6.07 Å². The number of fused-ring (bicyclic) bond motifs is 1. The zero-order chi connectivity index (χ0) is 26.1. The van der Waals surface area contributed by atoms with Crippen LogP contribution in [0.4, 0.5) is 15.9 Å². The van der Waals surface area contributed by atoms with Gasteiger partial charge in [0, 0.05) is 25.8 Å². The number of imidazole rings is 1. The second-order valence-electron chi connectivity index (χ2n) is 8.81. The van der Waals surface area contributed by atoms with Crippen LogP contribution in [0.3, 0.4) is 0 Å². The number of aromatic nitrogens is 6. The zero-order valence-electron chi connectivity index (χ0n) is 20.5. The number of nitrogens with one attached hydrogen (secondary N) is 3. The fraction of sp³-hybridized carbons (Fsp3) is 0.231. The van der Waals surface area contributed by atoms with E-state index >= 15 is 0 Å². The maximum Gasteiger partial charge on any atom is 0.179 e. The quantitative estimate of drug-likeness (QED) is 0.273. The number of rotatable bonds is 7. The van der Waals surface area contributed by atoms with E-state index in [9.17, 15) is 4.39 Å². The van der Waals surface area contributed by atoms with Gasteiger partial charge in [0.1, 0.15) is 0 Å². The summed E-state index contributed by atoms with van der Waals surface area (Å²) in [5.41, 5.74) is 4.28. The Kier molecular flexibility index (Phi) is 6.62. The predicted octanol–water partition coefficient (Wildman–Crippen LogP) is 4.79. The fourth-order valence-electron chi connectivity index (χ4n) is 4.39. The lowest BCUT2D eigenvalue weighted by Gasteiger charge is -2.26. The molecule has 0 aliphatic carbocycles. The molecular formula is C26H24ClFN8O2. The van der Waals surface area contributed by atoms with Gasteiger partial charge in [-0.15, -0.1) is 0 Å². The van der Waals surface area contributed by atoms with Gasteiger partial charge in [0.25, 0.3) is 0 Å². The highest BCUT2D eigenvalue weighted by Crippen LogP contribution is 2.33. The summed E-state index contributed by atoms with van der Waals surface area (Å²) >= 11 is 5.96. The highest BCUT2D eigenvalue weighted by Gasteiger charge is 2.19. The number of aromatic amines is 2. The van der Waals surface area contributed by atoms with E-state index in [2.05, 4.69) is 47.5 Å². The first-order valence-corrected chi connectivity index (χ1v) is 12.4. The number of halogens is 2. The molecule has 0 unspecified atom stereocenters. The van der Waals surface area contributed by atoms with Crippen molar-refractivity contribution in [3.8, 4) is 28.7 Å². The molecule has 5 aromatic rings. The molecule has 12 heteroatoms. The molecule has 0 bridgehead atoms. The Morgan fingerprint density at radius 2 is 2.05 bits per heavy atom. The third-order valence-corrected chi connectivity index (χ3v) is 6.63. The molecule has 0 amide bonds. The van der Waals surface area contributed by atoms with Crippen LogP contribution < -0.4 is 10.1 Å². The Morgan fingerprint density at radius 1 is 1.18 bits per heavy atom. The minimum Gasteiger partial charge on any atom is -0.491 e. The van der Waals surface area contributed by atoms with E-state index in [0.717, 1.165) is 43.9 Å². The highest BCUT2D eigenvalue weighted by molar-refractivity contribution is 6.31. The van der Waals surface area contributed by atoms with Gasteiger partial charge in [0.2, 0.25) is 0 Å². The Bertz CT molecular complexity index is 1600. The summed E-state index contributed by atoms with van der Waals surface area (Å²) in [5.74, 6) is 0.866. The molecule has 0 saturated carbocycles. The average molecular weight is 535 g/mol. The highest BCUT2D eigenvalue weighted by atomic mass is 35.5. The molecule has 38 heavy (non-hydrogen) atoms. The molecule has 0 atom stereocenters. The van der Waals surface area contributed by atoms with Crippen molar-refractivity contribution < 1.29 is 13.9 Å². The summed E-state index contributed by atoms with van der Waals surface area (Å²) in [6.07, 6.45) is 3.16. The molecule has 194 valence electrons. The zero-order valence-corrected chi connectivity index (χ0v) is 21.2.